The second-order valence-corrected chi connectivity index (χ2v) is 7.40. The molecule has 2 heterocycles. The van der Waals surface area contributed by atoms with Gasteiger partial charge in [0.05, 0.1) is 11.1 Å². The van der Waals surface area contributed by atoms with Crippen molar-refractivity contribution in [3.63, 3.8) is 0 Å². The van der Waals surface area contributed by atoms with Crippen LogP contribution in [0.2, 0.25) is 5.02 Å². The van der Waals surface area contributed by atoms with Crippen LogP contribution < -0.4 is 5.56 Å². The number of halogens is 1. The highest BCUT2D eigenvalue weighted by molar-refractivity contribution is 7.71. The Morgan fingerprint density at radius 1 is 1.17 bits per heavy atom. The summed E-state index contributed by atoms with van der Waals surface area (Å²) < 4.78 is 1.83. The second kappa shape index (κ2) is 5.40. The molecule has 0 amide bonds. The average molecular weight is 363 g/mol. The van der Waals surface area contributed by atoms with E-state index in [1.54, 1.807) is 24.3 Å². The number of H-pyrrole nitrogens is 1. The van der Waals surface area contributed by atoms with Crippen LogP contribution in [-0.4, -0.2) is 15.3 Å². The Morgan fingerprint density at radius 3 is 2.65 bits per heavy atom. The maximum Gasteiger partial charge on any atom is 0.267 e. The van der Waals surface area contributed by atoms with Gasteiger partial charge < -0.3 is 4.98 Å². The lowest BCUT2D eigenvalue weighted by Crippen LogP contribution is -2.21. The molecule has 0 bridgehead atoms. The summed E-state index contributed by atoms with van der Waals surface area (Å²) in [4.78, 5) is 29.5. The van der Waals surface area contributed by atoms with E-state index in [1.807, 2.05) is 0 Å². The molecule has 4 rings (SSSR count). The van der Waals surface area contributed by atoms with E-state index >= 15 is 0 Å². The first-order chi connectivity index (χ1) is 11.0. The van der Waals surface area contributed by atoms with Crippen molar-refractivity contribution in [2.45, 2.75) is 19.3 Å². The molecule has 1 aliphatic carbocycles. The van der Waals surface area contributed by atoms with Gasteiger partial charge in [0.25, 0.3) is 5.56 Å². The minimum atomic E-state index is -0.141. The van der Waals surface area contributed by atoms with Crippen molar-refractivity contribution < 1.29 is 4.79 Å². The molecule has 0 aliphatic heterocycles. The van der Waals surface area contributed by atoms with Crippen LogP contribution in [0, 0.1) is 4.77 Å². The van der Waals surface area contributed by atoms with Crippen LogP contribution in [0.5, 0.6) is 0 Å². The van der Waals surface area contributed by atoms with Gasteiger partial charge in [-0.3, -0.25) is 14.2 Å². The van der Waals surface area contributed by atoms with Crippen molar-refractivity contribution in [3.05, 3.63) is 54.9 Å². The number of nitrogens with one attached hydrogen (secondary N) is 1. The molecule has 0 unspecified atom stereocenters. The van der Waals surface area contributed by atoms with E-state index in [0.29, 0.717) is 40.1 Å². The van der Waals surface area contributed by atoms with Crippen LogP contribution in [0.1, 0.15) is 16.9 Å². The van der Waals surface area contributed by atoms with E-state index in [2.05, 4.69) is 4.98 Å². The number of aryl methyl sites for hydroxylation is 1. The number of carbonyl (C=O) groups is 1. The minimum Gasteiger partial charge on any atom is -0.323 e. The number of hydrogen-bond acceptors (Lipinski definition) is 4. The summed E-state index contributed by atoms with van der Waals surface area (Å²) in [5, 5.41) is 1.25. The number of carbonyl (C=O) groups excluding carboxylic acids is 1. The normalized spacial score (nSPS) is 14.2. The highest BCUT2D eigenvalue weighted by atomic mass is 35.5. The van der Waals surface area contributed by atoms with Gasteiger partial charge in [-0.25, -0.2) is 0 Å². The predicted molar refractivity (Wildman–Crippen MR) is 94.6 cm³/mol. The summed E-state index contributed by atoms with van der Waals surface area (Å²) in [6.07, 6.45) is 1.53. The predicted octanol–water partition coefficient (Wildman–Crippen LogP) is 3.82. The lowest BCUT2D eigenvalue weighted by molar-refractivity contribution is -0.118. The van der Waals surface area contributed by atoms with E-state index < -0.39 is 0 Å². The molecule has 0 spiro atoms. The van der Waals surface area contributed by atoms with E-state index in [-0.39, 0.29) is 11.3 Å². The Bertz CT molecular complexity index is 1060. The lowest BCUT2D eigenvalue weighted by atomic mass is 9.96. The number of rotatable bonds is 1. The SMILES string of the molecule is O=C1CCc2c(sc3[nH]c(=S)n(-c4ccc(Cl)cc4)c(=O)c23)C1. The Kier molecular flexibility index (Phi) is 3.48. The number of Topliss-reactive ketones (excluding diaryl/α,β-unsaturated/α-hetero) is 1. The zero-order valence-corrected chi connectivity index (χ0v) is 14.3. The van der Waals surface area contributed by atoms with Crippen molar-refractivity contribution in [3.8, 4) is 5.69 Å². The quantitative estimate of drug-likeness (QED) is 0.669. The number of aromatic amines is 1. The summed E-state index contributed by atoms with van der Waals surface area (Å²) >= 11 is 12.7. The fourth-order valence-corrected chi connectivity index (χ4v) is 4.70. The van der Waals surface area contributed by atoms with Gasteiger partial charge in [-0.15, -0.1) is 11.3 Å². The fraction of sp³-hybridized carbons (Fsp3) is 0.188. The number of ketones is 1. The number of aromatic nitrogens is 2. The first-order valence-electron chi connectivity index (χ1n) is 7.12. The maximum absolute atomic E-state index is 13.0. The smallest absolute Gasteiger partial charge is 0.267 e. The topological polar surface area (TPSA) is 54.9 Å². The molecule has 0 saturated carbocycles. The van der Waals surface area contributed by atoms with Crippen LogP contribution >= 0.6 is 35.2 Å². The second-order valence-electron chi connectivity index (χ2n) is 5.47. The first kappa shape index (κ1) is 14.8. The molecule has 0 radical (unpaired) electrons. The van der Waals surface area contributed by atoms with Crippen LogP contribution in [0.25, 0.3) is 15.9 Å². The maximum atomic E-state index is 13.0. The van der Waals surface area contributed by atoms with Crippen LogP contribution in [0.4, 0.5) is 0 Å². The average Bonchev–Trinajstić information content (AvgIpc) is 2.86. The number of fused-ring (bicyclic) bond motifs is 3. The molecule has 23 heavy (non-hydrogen) atoms. The van der Waals surface area contributed by atoms with Gasteiger partial charge in [0.15, 0.2) is 4.77 Å². The summed E-state index contributed by atoms with van der Waals surface area (Å²) in [5.41, 5.74) is 1.52. The molecule has 1 aliphatic rings. The molecule has 1 aromatic carbocycles. The molecule has 2 aromatic heterocycles. The standard InChI is InChI=1S/C16H11ClN2O2S2/c17-8-1-3-9(4-2-8)19-15(21)13-11-6-5-10(20)7-12(11)23-14(13)18-16(19)22/h1-4H,5-7H2,(H,18,22). The summed E-state index contributed by atoms with van der Waals surface area (Å²) in [5.74, 6) is 0.223. The fourth-order valence-electron chi connectivity index (χ4n) is 2.95. The zero-order valence-electron chi connectivity index (χ0n) is 11.9. The third kappa shape index (κ3) is 2.38. The highest BCUT2D eigenvalue weighted by Gasteiger charge is 2.23. The minimum absolute atomic E-state index is 0.141. The molecular formula is C16H11ClN2O2S2. The van der Waals surface area contributed by atoms with Gasteiger partial charge in [-0.2, -0.15) is 0 Å². The Balaban J connectivity index is 2.04. The monoisotopic (exact) mass is 362 g/mol. The van der Waals surface area contributed by atoms with Gasteiger partial charge in [0, 0.05) is 22.7 Å². The zero-order chi connectivity index (χ0) is 16.1. The van der Waals surface area contributed by atoms with Gasteiger partial charge in [0.1, 0.15) is 10.6 Å². The Morgan fingerprint density at radius 2 is 1.91 bits per heavy atom. The molecule has 7 heteroatoms. The Hall–Kier alpha value is -1.76. The molecule has 0 fully saturated rings. The van der Waals surface area contributed by atoms with Gasteiger partial charge in [-0.1, -0.05) is 11.6 Å². The number of hydrogen-bond donors (Lipinski definition) is 1. The van der Waals surface area contributed by atoms with Crippen molar-refractivity contribution >= 4 is 51.2 Å². The Labute approximate surface area is 145 Å². The highest BCUT2D eigenvalue weighted by Crippen LogP contribution is 2.32. The van der Waals surface area contributed by atoms with E-state index in [9.17, 15) is 9.59 Å². The third-order valence-corrected chi connectivity index (χ3v) is 5.71. The van der Waals surface area contributed by atoms with Gasteiger partial charge in [0.2, 0.25) is 0 Å². The summed E-state index contributed by atoms with van der Waals surface area (Å²) in [7, 11) is 0. The van der Waals surface area contributed by atoms with E-state index in [4.69, 9.17) is 23.8 Å². The molecular weight excluding hydrogens is 352 g/mol. The molecule has 0 saturated heterocycles. The lowest BCUT2D eigenvalue weighted by Gasteiger charge is -2.10. The molecule has 0 atom stereocenters. The first-order valence-corrected chi connectivity index (χ1v) is 8.72. The number of thiophene rings is 1. The molecule has 3 aromatic rings. The molecule has 116 valence electrons. The number of benzene rings is 1. The van der Waals surface area contributed by atoms with E-state index in [0.717, 1.165) is 15.3 Å². The van der Waals surface area contributed by atoms with Crippen molar-refractivity contribution in [1.29, 1.82) is 0 Å². The van der Waals surface area contributed by atoms with Crippen molar-refractivity contribution in [2.24, 2.45) is 0 Å². The van der Waals surface area contributed by atoms with Gasteiger partial charge >= 0.3 is 0 Å². The summed E-state index contributed by atoms with van der Waals surface area (Å²) in [6, 6.07) is 6.98. The largest absolute Gasteiger partial charge is 0.323 e. The third-order valence-electron chi connectivity index (χ3n) is 4.03. The van der Waals surface area contributed by atoms with Crippen LogP contribution in [0.15, 0.2) is 29.1 Å². The van der Waals surface area contributed by atoms with Gasteiger partial charge in [-0.05, 0) is 48.5 Å². The summed E-state index contributed by atoms with van der Waals surface area (Å²) in [6.45, 7) is 0. The number of nitrogens with zero attached hydrogens (tertiary/aromatic N) is 1. The van der Waals surface area contributed by atoms with Crippen molar-refractivity contribution in [2.75, 3.05) is 0 Å². The van der Waals surface area contributed by atoms with Crippen LogP contribution in [0.3, 0.4) is 0 Å². The molecule has 1 N–H and O–H groups in total. The van der Waals surface area contributed by atoms with Crippen molar-refractivity contribution in [1.82, 2.24) is 9.55 Å². The molecule has 4 nitrogen and oxygen atoms in total. The van der Waals surface area contributed by atoms with Crippen LogP contribution in [-0.2, 0) is 17.6 Å². The van der Waals surface area contributed by atoms with E-state index in [1.165, 1.54) is 15.9 Å².